The maximum atomic E-state index is 14.2. The standard InChI is InChI=1S/C19H16F2N2O4/c20-12-3-1-11(2-4-12)9-26-13-7-23(8-13)19(25)14-5-16-17(6-15(14)21)27-10-18(24)22-16/h1-6,13H,7-10H2,(H,22,24). The number of anilines is 1. The maximum absolute atomic E-state index is 14.2. The van der Waals surface area contributed by atoms with Crippen LogP contribution in [0.5, 0.6) is 5.75 Å². The smallest absolute Gasteiger partial charge is 0.262 e. The van der Waals surface area contributed by atoms with Gasteiger partial charge < -0.3 is 19.7 Å². The molecule has 2 aliphatic rings. The first-order valence-electron chi connectivity index (χ1n) is 8.41. The normalized spacial score (nSPS) is 16.2. The summed E-state index contributed by atoms with van der Waals surface area (Å²) in [5, 5.41) is 2.56. The van der Waals surface area contributed by atoms with Crippen LogP contribution in [0.25, 0.3) is 0 Å². The Morgan fingerprint density at radius 2 is 1.96 bits per heavy atom. The molecule has 1 saturated heterocycles. The zero-order valence-corrected chi connectivity index (χ0v) is 14.2. The van der Waals surface area contributed by atoms with Crippen molar-refractivity contribution in [2.75, 3.05) is 25.0 Å². The number of amides is 2. The Balaban J connectivity index is 1.35. The van der Waals surface area contributed by atoms with Crippen molar-refractivity contribution >= 4 is 17.5 Å². The molecule has 4 rings (SSSR count). The van der Waals surface area contributed by atoms with Crippen LogP contribution in [0.2, 0.25) is 0 Å². The molecule has 2 aromatic rings. The number of halogens is 2. The third-order valence-electron chi connectivity index (χ3n) is 4.47. The molecule has 0 atom stereocenters. The molecule has 0 saturated carbocycles. The summed E-state index contributed by atoms with van der Waals surface area (Å²) in [6, 6.07) is 8.37. The summed E-state index contributed by atoms with van der Waals surface area (Å²) in [7, 11) is 0. The average Bonchev–Trinajstić information content (AvgIpc) is 2.61. The number of rotatable bonds is 4. The van der Waals surface area contributed by atoms with Gasteiger partial charge in [0, 0.05) is 19.2 Å². The van der Waals surface area contributed by atoms with Gasteiger partial charge in [-0.15, -0.1) is 0 Å². The third kappa shape index (κ3) is 3.61. The molecule has 27 heavy (non-hydrogen) atoms. The van der Waals surface area contributed by atoms with E-state index < -0.39 is 11.7 Å². The lowest BCUT2D eigenvalue weighted by atomic mass is 10.1. The van der Waals surface area contributed by atoms with Gasteiger partial charge in [-0.1, -0.05) is 12.1 Å². The Morgan fingerprint density at radius 3 is 2.70 bits per heavy atom. The van der Waals surface area contributed by atoms with Gasteiger partial charge in [0.1, 0.15) is 17.4 Å². The minimum Gasteiger partial charge on any atom is -0.481 e. The van der Waals surface area contributed by atoms with Gasteiger partial charge in [0.2, 0.25) is 0 Å². The third-order valence-corrected chi connectivity index (χ3v) is 4.47. The van der Waals surface area contributed by atoms with E-state index in [1.165, 1.54) is 23.1 Å². The van der Waals surface area contributed by atoms with E-state index in [9.17, 15) is 18.4 Å². The Bertz CT molecular complexity index is 895. The molecule has 1 N–H and O–H groups in total. The summed E-state index contributed by atoms with van der Waals surface area (Å²) in [4.78, 5) is 25.4. The second-order valence-electron chi connectivity index (χ2n) is 6.43. The Kier molecular flexibility index (Phi) is 4.49. The van der Waals surface area contributed by atoms with Crippen molar-refractivity contribution in [3.05, 3.63) is 59.2 Å². The first-order chi connectivity index (χ1) is 13.0. The fraction of sp³-hybridized carbons (Fsp3) is 0.263. The van der Waals surface area contributed by atoms with Gasteiger partial charge in [0.15, 0.2) is 6.61 Å². The highest BCUT2D eigenvalue weighted by atomic mass is 19.1. The number of fused-ring (bicyclic) bond motifs is 1. The summed E-state index contributed by atoms with van der Waals surface area (Å²) in [6.07, 6.45) is -0.164. The van der Waals surface area contributed by atoms with Crippen molar-refractivity contribution in [1.29, 1.82) is 0 Å². The topological polar surface area (TPSA) is 67.9 Å². The Morgan fingerprint density at radius 1 is 1.22 bits per heavy atom. The molecular weight excluding hydrogens is 358 g/mol. The number of nitrogens with zero attached hydrogens (tertiary/aromatic N) is 1. The predicted molar refractivity (Wildman–Crippen MR) is 91.4 cm³/mol. The van der Waals surface area contributed by atoms with Crippen LogP contribution in [0.4, 0.5) is 14.5 Å². The molecule has 8 heteroatoms. The van der Waals surface area contributed by atoms with Crippen molar-refractivity contribution in [2.45, 2.75) is 12.7 Å². The van der Waals surface area contributed by atoms with E-state index in [0.29, 0.717) is 19.7 Å². The van der Waals surface area contributed by atoms with E-state index in [4.69, 9.17) is 9.47 Å². The van der Waals surface area contributed by atoms with Gasteiger partial charge in [-0.25, -0.2) is 8.78 Å². The molecule has 0 radical (unpaired) electrons. The number of hydrogen-bond donors (Lipinski definition) is 1. The molecule has 0 spiro atoms. The first kappa shape index (κ1) is 17.4. The van der Waals surface area contributed by atoms with Gasteiger partial charge in [-0.05, 0) is 23.8 Å². The molecule has 2 amide bonds. The zero-order valence-electron chi connectivity index (χ0n) is 14.2. The molecule has 0 unspecified atom stereocenters. The van der Waals surface area contributed by atoms with Gasteiger partial charge in [0.25, 0.3) is 11.8 Å². The monoisotopic (exact) mass is 374 g/mol. The SMILES string of the molecule is O=C1COc2cc(F)c(C(=O)N3CC(OCc4ccc(F)cc4)C3)cc2N1. The number of likely N-dealkylation sites (tertiary alicyclic amines) is 1. The minimum atomic E-state index is -0.703. The average molecular weight is 374 g/mol. The highest BCUT2D eigenvalue weighted by Gasteiger charge is 2.34. The molecule has 140 valence electrons. The van der Waals surface area contributed by atoms with Gasteiger partial charge in [0.05, 0.1) is 24.0 Å². The summed E-state index contributed by atoms with van der Waals surface area (Å²) in [5.41, 5.74) is 0.981. The molecule has 2 aliphatic heterocycles. The number of carbonyl (C=O) groups is 2. The number of benzene rings is 2. The van der Waals surface area contributed by atoms with E-state index >= 15 is 0 Å². The van der Waals surface area contributed by atoms with Crippen molar-refractivity contribution in [3.63, 3.8) is 0 Å². The summed E-state index contributed by atoms with van der Waals surface area (Å²) in [6.45, 7) is 0.793. The van der Waals surface area contributed by atoms with Crippen LogP contribution >= 0.6 is 0 Å². The van der Waals surface area contributed by atoms with E-state index in [2.05, 4.69) is 5.32 Å². The van der Waals surface area contributed by atoms with Crippen LogP contribution in [-0.2, 0) is 16.1 Å². The maximum Gasteiger partial charge on any atom is 0.262 e. The Labute approximate surface area is 153 Å². The second-order valence-corrected chi connectivity index (χ2v) is 6.43. The lowest BCUT2D eigenvalue weighted by Gasteiger charge is -2.39. The molecule has 6 nitrogen and oxygen atoms in total. The zero-order chi connectivity index (χ0) is 19.0. The van der Waals surface area contributed by atoms with Crippen molar-refractivity contribution in [1.82, 2.24) is 4.90 Å². The first-order valence-corrected chi connectivity index (χ1v) is 8.41. The molecular formula is C19H16F2N2O4. The highest BCUT2D eigenvalue weighted by Crippen LogP contribution is 2.31. The number of carbonyl (C=O) groups excluding carboxylic acids is 2. The van der Waals surface area contributed by atoms with Crippen molar-refractivity contribution in [3.8, 4) is 5.75 Å². The van der Waals surface area contributed by atoms with E-state index in [1.54, 1.807) is 12.1 Å². The van der Waals surface area contributed by atoms with Crippen molar-refractivity contribution in [2.24, 2.45) is 0 Å². The Hall–Kier alpha value is -3.00. The largest absolute Gasteiger partial charge is 0.481 e. The fourth-order valence-electron chi connectivity index (χ4n) is 2.94. The van der Waals surface area contributed by atoms with E-state index in [1.807, 2.05) is 0 Å². The number of ether oxygens (including phenoxy) is 2. The van der Waals surface area contributed by atoms with Crippen LogP contribution in [0.3, 0.4) is 0 Å². The van der Waals surface area contributed by atoms with Crippen LogP contribution in [0, 0.1) is 11.6 Å². The molecule has 2 aromatic carbocycles. The van der Waals surface area contributed by atoms with Crippen molar-refractivity contribution < 1.29 is 27.8 Å². The molecule has 0 aromatic heterocycles. The minimum absolute atomic E-state index is 0.128. The van der Waals surface area contributed by atoms with E-state index in [0.717, 1.165) is 11.6 Å². The lowest BCUT2D eigenvalue weighted by Crippen LogP contribution is -2.54. The predicted octanol–water partition coefficient (Wildman–Crippen LogP) is 2.34. The van der Waals surface area contributed by atoms with Crippen LogP contribution in [-0.4, -0.2) is 42.5 Å². The quantitative estimate of drug-likeness (QED) is 0.892. The van der Waals surface area contributed by atoms with E-state index in [-0.39, 0.29) is 41.4 Å². The van der Waals surface area contributed by atoms with Crippen LogP contribution in [0.1, 0.15) is 15.9 Å². The highest BCUT2D eigenvalue weighted by molar-refractivity contribution is 6.00. The number of nitrogens with one attached hydrogen (secondary N) is 1. The molecule has 2 heterocycles. The summed E-state index contributed by atoms with van der Waals surface area (Å²) >= 11 is 0. The van der Waals surface area contributed by atoms with Crippen LogP contribution < -0.4 is 10.1 Å². The molecule has 1 fully saturated rings. The number of hydrogen-bond acceptors (Lipinski definition) is 4. The van der Waals surface area contributed by atoms with Gasteiger partial charge >= 0.3 is 0 Å². The second kappa shape index (κ2) is 6.96. The lowest BCUT2D eigenvalue weighted by molar-refractivity contribution is -0.118. The summed E-state index contributed by atoms with van der Waals surface area (Å²) < 4.78 is 37.9. The molecule has 0 aliphatic carbocycles. The summed E-state index contributed by atoms with van der Waals surface area (Å²) in [5.74, 6) is -1.64. The fourth-order valence-corrected chi connectivity index (χ4v) is 2.94. The van der Waals surface area contributed by atoms with Crippen LogP contribution in [0.15, 0.2) is 36.4 Å². The van der Waals surface area contributed by atoms with Gasteiger partial charge in [-0.3, -0.25) is 9.59 Å². The van der Waals surface area contributed by atoms with Gasteiger partial charge in [-0.2, -0.15) is 0 Å². The molecule has 0 bridgehead atoms.